The van der Waals surface area contributed by atoms with Gasteiger partial charge in [-0.05, 0) is 44.2 Å². The molecule has 0 bridgehead atoms. The van der Waals surface area contributed by atoms with Crippen molar-refractivity contribution in [1.29, 1.82) is 0 Å². The third-order valence-electron chi connectivity index (χ3n) is 2.91. The number of nitrogens with one attached hydrogen (secondary N) is 2. The van der Waals surface area contributed by atoms with E-state index in [9.17, 15) is 0 Å². The first-order valence-electron chi connectivity index (χ1n) is 6.87. The van der Waals surface area contributed by atoms with Crippen LogP contribution in [0, 0.1) is 0 Å². The molecule has 0 saturated carbocycles. The molecule has 1 aromatic heterocycles. The van der Waals surface area contributed by atoms with E-state index in [1.165, 1.54) is 0 Å². The van der Waals surface area contributed by atoms with Crippen LogP contribution in [-0.2, 0) is 6.42 Å². The Morgan fingerprint density at radius 1 is 1.30 bits per heavy atom. The van der Waals surface area contributed by atoms with E-state index in [0.29, 0.717) is 6.04 Å². The summed E-state index contributed by atoms with van der Waals surface area (Å²) >= 11 is 7.50. The first kappa shape index (κ1) is 15.3. The van der Waals surface area contributed by atoms with Gasteiger partial charge in [-0.15, -0.1) is 11.3 Å². The molecule has 0 saturated heterocycles. The van der Waals surface area contributed by atoms with Gasteiger partial charge in [0.25, 0.3) is 0 Å². The molecule has 0 fully saturated rings. The van der Waals surface area contributed by atoms with Gasteiger partial charge >= 0.3 is 0 Å². The topological polar surface area (TPSA) is 37.0 Å². The second-order valence-corrected chi connectivity index (χ2v) is 6.13. The quantitative estimate of drug-likeness (QED) is 0.792. The average Bonchev–Trinajstić information content (AvgIpc) is 2.86. The molecule has 1 atom stereocenters. The van der Waals surface area contributed by atoms with Gasteiger partial charge in [0.2, 0.25) is 0 Å². The Balaban J connectivity index is 1.90. The van der Waals surface area contributed by atoms with E-state index in [4.69, 9.17) is 11.6 Å². The van der Waals surface area contributed by atoms with Gasteiger partial charge in [-0.3, -0.25) is 0 Å². The highest BCUT2D eigenvalue weighted by Crippen LogP contribution is 2.22. The van der Waals surface area contributed by atoms with E-state index in [-0.39, 0.29) is 0 Å². The summed E-state index contributed by atoms with van der Waals surface area (Å²) in [6.45, 7) is 5.43. The summed E-state index contributed by atoms with van der Waals surface area (Å²) in [7, 11) is 0. The number of thiazole rings is 1. The van der Waals surface area contributed by atoms with Crippen molar-refractivity contribution in [2.75, 3.05) is 11.9 Å². The van der Waals surface area contributed by atoms with Crippen LogP contribution in [0.2, 0.25) is 5.02 Å². The molecule has 0 spiro atoms. The maximum atomic E-state index is 5.87. The van der Waals surface area contributed by atoms with Gasteiger partial charge < -0.3 is 10.6 Å². The Bertz CT molecular complexity index is 524. The molecule has 0 aliphatic carbocycles. The van der Waals surface area contributed by atoms with Crippen LogP contribution >= 0.6 is 22.9 Å². The number of rotatable bonds is 7. The average molecular weight is 310 g/mol. The number of aromatic nitrogens is 1. The van der Waals surface area contributed by atoms with E-state index in [1.807, 2.05) is 24.3 Å². The third-order valence-corrected chi connectivity index (χ3v) is 3.96. The predicted octanol–water partition coefficient (Wildman–Crippen LogP) is 4.47. The largest absolute Gasteiger partial charge is 0.332 e. The third kappa shape index (κ3) is 4.78. The molecule has 5 heteroatoms. The Labute approximate surface area is 129 Å². The van der Waals surface area contributed by atoms with Crippen LogP contribution in [0.4, 0.5) is 10.8 Å². The van der Waals surface area contributed by atoms with Gasteiger partial charge in [0.15, 0.2) is 5.13 Å². The normalized spacial score (nSPS) is 12.3. The van der Waals surface area contributed by atoms with Crippen molar-refractivity contribution >= 4 is 33.8 Å². The van der Waals surface area contributed by atoms with Crippen molar-refractivity contribution < 1.29 is 0 Å². The van der Waals surface area contributed by atoms with E-state index < -0.39 is 0 Å². The number of benzene rings is 1. The van der Waals surface area contributed by atoms with Crippen molar-refractivity contribution in [3.63, 3.8) is 0 Å². The van der Waals surface area contributed by atoms with Gasteiger partial charge in [0.05, 0.1) is 5.69 Å². The standard InChI is InChI=1S/C15H20ClN3S/c1-3-8-17-11(2)9-14-10-20-15(19-14)18-13-6-4-12(16)5-7-13/h4-7,10-11,17H,3,8-9H2,1-2H3,(H,18,19). The Morgan fingerprint density at radius 3 is 2.75 bits per heavy atom. The fraction of sp³-hybridized carbons (Fsp3) is 0.400. The highest BCUT2D eigenvalue weighted by Gasteiger charge is 2.07. The van der Waals surface area contributed by atoms with Crippen LogP contribution in [0.15, 0.2) is 29.6 Å². The van der Waals surface area contributed by atoms with Gasteiger partial charge in [-0.1, -0.05) is 18.5 Å². The maximum Gasteiger partial charge on any atom is 0.187 e. The molecule has 1 aromatic carbocycles. The Kier molecular flexibility index (Phi) is 5.83. The monoisotopic (exact) mass is 309 g/mol. The van der Waals surface area contributed by atoms with Crippen molar-refractivity contribution in [2.24, 2.45) is 0 Å². The summed E-state index contributed by atoms with van der Waals surface area (Å²) in [6, 6.07) is 8.11. The lowest BCUT2D eigenvalue weighted by Crippen LogP contribution is -2.28. The number of halogens is 1. The van der Waals surface area contributed by atoms with Gasteiger partial charge in [-0.2, -0.15) is 0 Å². The summed E-state index contributed by atoms with van der Waals surface area (Å²) in [6.07, 6.45) is 2.11. The Hall–Kier alpha value is -1.10. The Morgan fingerprint density at radius 2 is 2.05 bits per heavy atom. The summed E-state index contributed by atoms with van der Waals surface area (Å²) in [5.74, 6) is 0. The molecule has 0 amide bonds. The van der Waals surface area contributed by atoms with Crippen LogP contribution in [0.3, 0.4) is 0 Å². The lowest BCUT2D eigenvalue weighted by Gasteiger charge is -2.10. The SMILES string of the molecule is CCCNC(C)Cc1csc(Nc2ccc(Cl)cc2)n1. The minimum Gasteiger partial charge on any atom is -0.332 e. The first-order valence-corrected chi connectivity index (χ1v) is 8.13. The van der Waals surface area contributed by atoms with Gasteiger partial charge in [-0.25, -0.2) is 4.98 Å². The van der Waals surface area contributed by atoms with Crippen LogP contribution in [0.1, 0.15) is 26.0 Å². The van der Waals surface area contributed by atoms with Gasteiger partial charge in [0, 0.05) is 28.6 Å². The molecule has 1 heterocycles. The summed E-state index contributed by atoms with van der Waals surface area (Å²) in [4.78, 5) is 4.61. The van der Waals surface area contributed by atoms with E-state index in [1.54, 1.807) is 11.3 Å². The zero-order chi connectivity index (χ0) is 14.4. The fourth-order valence-corrected chi connectivity index (χ4v) is 2.76. The summed E-state index contributed by atoms with van der Waals surface area (Å²) in [5, 5.41) is 10.5. The molecule has 0 aliphatic rings. The van der Waals surface area contributed by atoms with E-state index in [0.717, 1.165) is 40.9 Å². The zero-order valence-electron chi connectivity index (χ0n) is 11.8. The number of hydrogen-bond donors (Lipinski definition) is 2. The molecule has 1 unspecified atom stereocenters. The number of anilines is 2. The number of nitrogens with zero attached hydrogens (tertiary/aromatic N) is 1. The molecule has 2 rings (SSSR count). The first-order chi connectivity index (χ1) is 9.67. The van der Waals surface area contributed by atoms with E-state index >= 15 is 0 Å². The molecular weight excluding hydrogens is 290 g/mol. The molecule has 0 aliphatic heterocycles. The van der Waals surface area contributed by atoms with Crippen LogP contribution in [-0.4, -0.2) is 17.6 Å². The molecule has 108 valence electrons. The second kappa shape index (κ2) is 7.62. The fourth-order valence-electron chi connectivity index (χ4n) is 1.89. The molecule has 2 N–H and O–H groups in total. The smallest absolute Gasteiger partial charge is 0.187 e. The minimum absolute atomic E-state index is 0.459. The second-order valence-electron chi connectivity index (χ2n) is 4.84. The van der Waals surface area contributed by atoms with Crippen LogP contribution in [0.25, 0.3) is 0 Å². The van der Waals surface area contributed by atoms with Gasteiger partial charge in [0.1, 0.15) is 0 Å². The lowest BCUT2D eigenvalue weighted by atomic mass is 10.2. The van der Waals surface area contributed by atoms with Crippen LogP contribution < -0.4 is 10.6 Å². The number of hydrogen-bond acceptors (Lipinski definition) is 4. The molecule has 3 nitrogen and oxygen atoms in total. The zero-order valence-corrected chi connectivity index (χ0v) is 13.4. The van der Waals surface area contributed by atoms with Crippen molar-refractivity contribution in [3.8, 4) is 0 Å². The van der Waals surface area contributed by atoms with Crippen LogP contribution in [0.5, 0.6) is 0 Å². The summed E-state index contributed by atoms with van der Waals surface area (Å²) < 4.78 is 0. The van der Waals surface area contributed by atoms with Crippen molar-refractivity contribution in [1.82, 2.24) is 10.3 Å². The van der Waals surface area contributed by atoms with Crippen molar-refractivity contribution in [3.05, 3.63) is 40.4 Å². The highest BCUT2D eigenvalue weighted by molar-refractivity contribution is 7.13. The lowest BCUT2D eigenvalue weighted by molar-refractivity contribution is 0.540. The molecule has 0 radical (unpaired) electrons. The molecule has 2 aromatic rings. The van der Waals surface area contributed by atoms with E-state index in [2.05, 4.69) is 34.8 Å². The molecule has 20 heavy (non-hydrogen) atoms. The molecular formula is C15H20ClN3S. The minimum atomic E-state index is 0.459. The highest BCUT2D eigenvalue weighted by atomic mass is 35.5. The predicted molar refractivity (Wildman–Crippen MR) is 88.3 cm³/mol. The maximum absolute atomic E-state index is 5.87. The summed E-state index contributed by atoms with van der Waals surface area (Å²) in [5.41, 5.74) is 2.13. The van der Waals surface area contributed by atoms with Crippen molar-refractivity contribution in [2.45, 2.75) is 32.7 Å².